The number of nitrogens with one attached hydrogen (secondary N) is 1. The molecule has 2 aromatic carbocycles. The van der Waals surface area contributed by atoms with E-state index in [4.69, 9.17) is 4.74 Å². The molecule has 0 saturated heterocycles. The van der Waals surface area contributed by atoms with Crippen molar-refractivity contribution in [3.63, 3.8) is 0 Å². The molecule has 126 valence electrons. The van der Waals surface area contributed by atoms with Crippen molar-refractivity contribution < 1.29 is 9.53 Å². The number of hydrogen-bond donors (Lipinski definition) is 1. The molecule has 3 aromatic rings. The summed E-state index contributed by atoms with van der Waals surface area (Å²) < 4.78 is 5.83. The molecule has 0 amide bonds. The monoisotopic (exact) mass is 396 g/mol. The number of ether oxygens (including phenoxy) is 1. The third-order valence-electron chi connectivity index (χ3n) is 3.88. The Hall–Kier alpha value is -2.66. The van der Waals surface area contributed by atoms with E-state index in [0.717, 1.165) is 26.6 Å². The van der Waals surface area contributed by atoms with Crippen molar-refractivity contribution in [1.29, 1.82) is 0 Å². The Kier molecular flexibility index (Phi) is 5.14. The van der Waals surface area contributed by atoms with E-state index in [1.165, 1.54) is 7.11 Å². The molecule has 0 atom stereocenters. The highest BCUT2D eigenvalue weighted by molar-refractivity contribution is 9.10. The van der Waals surface area contributed by atoms with Crippen LogP contribution in [0.15, 0.2) is 71.0 Å². The number of methoxy groups -OCH3 is 1. The van der Waals surface area contributed by atoms with E-state index in [2.05, 4.69) is 26.2 Å². The van der Waals surface area contributed by atoms with Gasteiger partial charge in [0, 0.05) is 33.0 Å². The number of carbonyl (C=O) groups is 1. The lowest BCUT2D eigenvalue weighted by molar-refractivity contribution is -0.133. The molecule has 4 nitrogen and oxygen atoms in total. The molecule has 1 aromatic heterocycles. The molecular formula is C20H17BrN2O2. The molecule has 0 bridgehead atoms. The molecule has 0 saturated carbocycles. The van der Waals surface area contributed by atoms with Gasteiger partial charge in [-0.1, -0.05) is 40.2 Å². The van der Waals surface area contributed by atoms with Crippen molar-refractivity contribution in [1.82, 2.24) is 4.98 Å². The number of rotatable bonds is 4. The molecule has 0 aliphatic rings. The predicted molar refractivity (Wildman–Crippen MR) is 104 cm³/mol. The highest BCUT2D eigenvalue weighted by Gasteiger charge is 2.19. The Bertz CT molecular complexity index is 961. The minimum absolute atomic E-state index is 0.393. The number of pyridine rings is 1. The standard InChI is InChI=1S/C20H17BrN2O2/c1-13(19(20(24)25-2)14-7-3-4-9-16(14)21)23-18-11-5-10-17-15(18)8-6-12-22-17/h3-12,23H,1-2H3. The molecule has 5 heteroatoms. The lowest BCUT2D eigenvalue weighted by Gasteiger charge is -2.15. The molecule has 0 spiro atoms. The molecular weight excluding hydrogens is 380 g/mol. The van der Waals surface area contributed by atoms with Crippen molar-refractivity contribution in [2.45, 2.75) is 6.92 Å². The van der Waals surface area contributed by atoms with Gasteiger partial charge in [0.1, 0.15) is 0 Å². The maximum Gasteiger partial charge on any atom is 0.340 e. The van der Waals surface area contributed by atoms with Crippen LogP contribution in [0.25, 0.3) is 16.5 Å². The molecule has 0 radical (unpaired) electrons. The second-order valence-corrected chi connectivity index (χ2v) is 6.33. The van der Waals surface area contributed by atoms with Crippen LogP contribution in [-0.2, 0) is 9.53 Å². The smallest absolute Gasteiger partial charge is 0.340 e. The van der Waals surface area contributed by atoms with Crippen LogP contribution in [0.4, 0.5) is 5.69 Å². The van der Waals surface area contributed by atoms with Gasteiger partial charge in [-0.25, -0.2) is 4.79 Å². The summed E-state index contributed by atoms with van der Waals surface area (Å²) in [5.41, 5.74) is 3.74. The Labute approximate surface area is 154 Å². The average Bonchev–Trinajstić information content (AvgIpc) is 2.63. The topological polar surface area (TPSA) is 51.2 Å². The van der Waals surface area contributed by atoms with Gasteiger partial charge >= 0.3 is 5.97 Å². The van der Waals surface area contributed by atoms with E-state index in [0.29, 0.717) is 11.3 Å². The lowest BCUT2D eigenvalue weighted by Crippen LogP contribution is -2.11. The number of halogens is 1. The summed E-state index contributed by atoms with van der Waals surface area (Å²) in [6, 6.07) is 17.3. The first-order valence-corrected chi connectivity index (χ1v) is 8.56. The van der Waals surface area contributed by atoms with Crippen LogP contribution < -0.4 is 5.32 Å². The Morgan fingerprint density at radius 3 is 2.64 bits per heavy atom. The minimum Gasteiger partial charge on any atom is -0.465 e. The van der Waals surface area contributed by atoms with Gasteiger partial charge in [-0.3, -0.25) is 4.98 Å². The molecule has 1 N–H and O–H groups in total. The van der Waals surface area contributed by atoms with Gasteiger partial charge in [0.15, 0.2) is 0 Å². The van der Waals surface area contributed by atoms with Crippen molar-refractivity contribution in [2.75, 3.05) is 12.4 Å². The number of allylic oxidation sites excluding steroid dienone is 1. The van der Waals surface area contributed by atoms with Crippen molar-refractivity contribution in [2.24, 2.45) is 0 Å². The van der Waals surface area contributed by atoms with Gasteiger partial charge < -0.3 is 10.1 Å². The van der Waals surface area contributed by atoms with Crippen molar-refractivity contribution in [3.8, 4) is 0 Å². The molecule has 25 heavy (non-hydrogen) atoms. The molecule has 3 rings (SSSR count). The van der Waals surface area contributed by atoms with Gasteiger partial charge in [0.25, 0.3) is 0 Å². The van der Waals surface area contributed by atoms with Crippen LogP contribution in [0.2, 0.25) is 0 Å². The fraction of sp³-hybridized carbons (Fsp3) is 0.100. The fourth-order valence-electron chi connectivity index (χ4n) is 2.71. The number of nitrogens with zero attached hydrogens (tertiary/aromatic N) is 1. The van der Waals surface area contributed by atoms with Gasteiger partial charge in [-0.05, 0) is 37.3 Å². The zero-order valence-corrected chi connectivity index (χ0v) is 15.5. The Balaban J connectivity index is 2.11. The SMILES string of the molecule is COC(=O)C(=C(C)Nc1cccc2ncccc12)c1ccccc1Br. The van der Waals surface area contributed by atoms with Gasteiger partial charge in [-0.15, -0.1) is 0 Å². The molecule has 1 heterocycles. The third-order valence-corrected chi connectivity index (χ3v) is 4.57. The Morgan fingerprint density at radius 1 is 1.08 bits per heavy atom. The summed E-state index contributed by atoms with van der Waals surface area (Å²) in [4.78, 5) is 16.8. The molecule has 0 fully saturated rings. The molecule has 0 aliphatic carbocycles. The van der Waals surface area contributed by atoms with Crippen LogP contribution in [0.1, 0.15) is 12.5 Å². The predicted octanol–water partition coefficient (Wildman–Crippen LogP) is 5.01. The summed E-state index contributed by atoms with van der Waals surface area (Å²) in [5.74, 6) is -0.393. The van der Waals surface area contributed by atoms with E-state index >= 15 is 0 Å². The summed E-state index contributed by atoms with van der Waals surface area (Å²) >= 11 is 3.51. The number of esters is 1. The van der Waals surface area contributed by atoms with E-state index < -0.39 is 5.97 Å². The zero-order valence-electron chi connectivity index (χ0n) is 13.9. The second kappa shape index (κ2) is 7.49. The van der Waals surface area contributed by atoms with Crippen LogP contribution in [0, 0.1) is 0 Å². The maximum absolute atomic E-state index is 12.4. The molecule has 0 unspecified atom stereocenters. The number of hydrogen-bond acceptors (Lipinski definition) is 4. The fourth-order valence-corrected chi connectivity index (χ4v) is 3.19. The third kappa shape index (κ3) is 3.56. The first-order chi connectivity index (χ1) is 12.1. The average molecular weight is 397 g/mol. The Morgan fingerprint density at radius 2 is 1.88 bits per heavy atom. The number of anilines is 1. The van der Waals surface area contributed by atoms with E-state index in [9.17, 15) is 4.79 Å². The van der Waals surface area contributed by atoms with Crippen molar-refractivity contribution in [3.05, 3.63) is 76.5 Å². The lowest BCUT2D eigenvalue weighted by atomic mass is 10.0. The van der Waals surface area contributed by atoms with E-state index in [-0.39, 0.29) is 0 Å². The number of fused-ring (bicyclic) bond motifs is 1. The van der Waals surface area contributed by atoms with Gasteiger partial charge in [0.05, 0.1) is 18.2 Å². The summed E-state index contributed by atoms with van der Waals surface area (Å²) in [7, 11) is 1.38. The normalized spacial score (nSPS) is 11.8. The van der Waals surface area contributed by atoms with Crippen LogP contribution in [0.3, 0.4) is 0 Å². The number of aromatic nitrogens is 1. The summed E-state index contributed by atoms with van der Waals surface area (Å²) in [6.07, 6.45) is 1.76. The largest absolute Gasteiger partial charge is 0.465 e. The van der Waals surface area contributed by atoms with Crippen molar-refractivity contribution >= 4 is 44.1 Å². The first-order valence-electron chi connectivity index (χ1n) is 7.76. The number of carbonyl (C=O) groups excluding carboxylic acids is 1. The molecule has 0 aliphatic heterocycles. The van der Waals surface area contributed by atoms with Gasteiger partial charge in [0.2, 0.25) is 0 Å². The van der Waals surface area contributed by atoms with E-state index in [1.807, 2.05) is 61.5 Å². The highest BCUT2D eigenvalue weighted by atomic mass is 79.9. The van der Waals surface area contributed by atoms with Crippen LogP contribution in [-0.4, -0.2) is 18.1 Å². The van der Waals surface area contributed by atoms with Crippen LogP contribution in [0.5, 0.6) is 0 Å². The van der Waals surface area contributed by atoms with Crippen LogP contribution >= 0.6 is 15.9 Å². The number of benzene rings is 2. The second-order valence-electron chi connectivity index (χ2n) is 5.47. The minimum atomic E-state index is -0.393. The quantitative estimate of drug-likeness (QED) is 0.497. The maximum atomic E-state index is 12.4. The summed E-state index contributed by atoms with van der Waals surface area (Å²) in [5, 5.41) is 4.33. The first kappa shape index (κ1) is 17.2. The van der Waals surface area contributed by atoms with Gasteiger partial charge in [-0.2, -0.15) is 0 Å². The summed E-state index contributed by atoms with van der Waals surface area (Å²) in [6.45, 7) is 1.86. The van der Waals surface area contributed by atoms with E-state index in [1.54, 1.807) is 6.20 Å². The zero-order chi connectivity index (χ0) is 17.8. The highest BCUT2D eigenvalue weighted by Crippen LogP contribution is 2.30.